The van der Waals surface area contributed by atoms with Gasteiger partial charge in [0.1, 0.15) is 31.3 Å². The Balaban J connectivity index is 3.21. The second kappa shape index (κ2) is 11.7. The van der Waals surface area contributed by atoms with Crippen molar-refractivity contribution in [3.63, 3.8) is 0 Å². The molecule has 1 atom stereocenters. The number of carbonyl (C=O) groups excluding carboxylic acids is 4. The molecule has 0 saturated carbocycles. The van der Waals surface area contributed by atoms with Gasteiger partial charge in [0.05, 0.1) is 13.2 Å². The number of hydrogen-bond donors (Lipinski definition) is 2. The van der Waals surface area contributed by atoms with Crippen molar-refractivity contribution < 1.29 is 28.7 Å². The molecular weight excluding hydrogens is 416 g/mol. The SMILES string of the molecule is COC(=O)CNC(=O)C(c1ccc(C)cc1C)N(CC#N)C(=O)CNC(=O)OC(C)(C)C. The molecule has 3 amide bonds. The number of benzene rings is 1. The fourth-order valence-corrected chi connectivity index (χ4v) is 2.87. The number of hydrogen-bond acceptors (Lipinski definition) is 7. The molecule has 1 aromatic rings. The van der Waals surface area contributed by atoms with Gasteiger partial charge in [0.25, 0.3) is 0 Å². The van der Waals surface area contributed by atoms with E-state index in [4.69, 9.17) is 4.74 Å². The van der Waals surface area contributed by atoms with E-state index in [0.717, 1.165) is 16.0 Å². The molecule has 32 heavy (non-hydrogen) atoms. The predicted octanol–water partition coefficient (Wildman–Crippen LogP) is 1.51. The van der Waals surface area contributed by atoms with Gasteiger partial charge >= 0.3 is 12.1 Å². The maximum absolute atomic E-state index is 13.0. The van der Waals surface area contributed by atoms with Gasteiger partial charge in [-0.05, 0) is 45.7 Å². The van der Waals surface area contributed by atoms with Crippen molar-refractivity contribution >= 4 is 23.9 Å². The molecule has 10 nitrogen and oxygen atoms in total. The van der Waals surface area contributed by atoms with E-state index in [1.165, 1.54) is 7.11 Å². The van der Waals surface area contributed by atoms with E-state index in [0.29, 0.717) is 5.56 Å². The zero-order valence-electron chi connectivity index (χ0n) is 19.3. The minimum Gasteiger partial charge on any atom is -0.468 e. The number of aryl methyl sites for hydroxylation is 2. The lowest BCUT2D eigenvalue weighted by molar-refractivity contribution is -0.143. The number of ether oxygens (including phenoxy) is 2. The molecule has 1 aromatic carbocycles. The van der Waals surface area contributed by atoms with Crippen molar-refractivity contribution in [3.05, 3.63) is 34.9 Å². The molecule has 1 unspecified atom stereocenters. The van der Waals surface area contributed by atoms with Crippen LogP contribution in [0.15, 0.2) is 18.2 Å². The van der Waals surface area contributed by atoms with Crippen LogP contribution in [-0.2, 0) is 23.9 Å². The van der Waals surface area contributed by atoms with Crippen molar-refractivity contribution in [2.75, 3.05) is 26.7 Å². The zero-order valence-corrected chi connectivity index (χ0v) is 19.3. The van der Waals surface area contributed by atoms with Gasteiger partial charge in [-0.1, -0.05) is 23.8 Å². The van der Waals surface area contributed by atoms with Gasteiger partial charge in [-0.3, -0.25) is 14.4 Å². The van der Waals surface area contributed by atoms with E-state index in [9.17, 15) is 24.4 Å². The number of amides is 3. The van der Waals surface area contributed by atoms with Gasteiger partial charge in [0, 0.05) is 0 Å². The molecular formula is C22H30N4O6. The van der Waals surface area contributed by atoms with Crippen LogP contribution in [-0.4, -0.2) is 61.1 Å². The molecule has 10 heteroatoms. The van der Waals surface area contributed by atoms with Crippen molar-refractivity contribution in [2.24, 2.45) is 0 Å². The number of esters is 1. The highest BCUT2D eigenvalue weighted by Crippen LogP contribution is 2.25. The Hall–Kier alpha value is -3.61. The Morgan fingerprint density at radius 1 is 1.12 bits per heavy atom. The third kappa shape index (κ3) is 8.26. The van der Waals surface area contributed by atoms with Crippen LogP contribution in [0.5, 0.6) is 0 Å². The Kier molecular flexibility index (Phi) is 9.66. The minimum atomic E-state index is -1.20. The molecule has 0 aliphatic carbocycles. The van der Waals surface area contributed by atoms with E-state index in [1.807, 2.05) is 19.1 Å². The van der Waals surface area contributed by atoms with Crippen molar-refractivity contribution in [2.45, 2.75) is 46.3 Å². The van der Waals surface area contributed by atoms with Gasteiger partial charge in [-0.25, -0.2) is 4.79 Å². The third-order valence-corrected chi connectivity index (χ3v) is 4.26. The van der Waals surface area contributed by atoms with Gasteiger partial charge in [0.15, 0.2) is 0 Å². The summed E-state index contributed by atoms with van der Waals surface area (Å²) in [7, 11) is 1.18. The molecule has 0 aliphatic rings. The summed E-state index contributed by atoms with van der Waals surface area (Å²) in [5.74, 6) is -2.00. The second-order valence-electron chi connectivity index (χ2n) is 8.09. The summed E-state index contributed by atoms with van der Waals surface area (Å²) in [5.41, 5.74) is 1.40. The Labute approximate surface area is 187 Å². The van der Waals surface area contributed by atoms with Crippen LogP contribution in [0, 0.1) is 25.2 Å². The quantitative estimate of drug-likeness (QED) is 0.456. The van der Waals surface area contributed by atoms with Crippen LogP contribution in [0.4, 0.5) is 4.79 Å². The molecule has 0 aromatic heterocycles. The molecule has 0 saturated heterocycles. The molecule has 0 fully saturated rings. The first-order valence-corrected chi connectivity index (χ1v) is 9.94. The molecule has 0 heterocycles. The number of methoxy groups -OCH3 is 1. The minimum absolute atomic E-state index is 0.401. The summed E-state index contributed by atoms with van der Waals surface area (Å²) in [4.78, 5) is 50.4. The standard InChI is InChI=1S/C22H30N4O6/c1-14-7-8-16(15(2)11-14)19(20(29)24-13-18(28)31-6)26(10-9-23)17(27)12-25-21(30)32-22(3,4)5/h7-8,11,19H,10,12-13H2,1-6H3,(H,24,29)(H,25,30). The van der Waals surface area contributed by atoms with Gasteiger partial charge < -0.3 is 25.0 Å². The lowest BCUT2D eigenvalue weighted by Gasteiger charge is -2.30. The fraction of sp³-hybridized carbons (Fsp3) is 0.500. The van der Waals surface area contributed by atoms with E-state index < -0.39 is 55.2 Å². The zero-order chi connectivity index (χ0) is 24.5. The van der Waals surface area contributed by atoms with Crippen LogP contribution >= 0.6 is 0 Å². The first-order valence-electron chi connectivity index (χ1n) is 9.94. The monoisotopic (exact) mass is 446 g/mol. The smallest absolute Gasteiger partial charge is 0.408 e. The highest BCUT2D eigenvalue weighted by molar-refractivity contribution is 5.92. The van der Waals surface area contributed by atoms with Crippen LogP contribution in [0.3, 0.4) is 0 Å². The highest BCUT2D eigenvalue weighted by Gasteiger charge is 2.33. The largest absolute Gasteiger partial charge is 0.468 e. The summed E-state index contributed by atoms with van der Waals surface area (Å²) < 4.78 is 9.65. The van der Waals surface area contributed by atoms with Crippen LogP contribution in [0.2, 0.25) is 0 Å². The number of alkyl carbamates (subject to hydrolysis) is 1. The fourth-order valence-electron chi connectivity index (χ4n) is 2.87. The number of carbonyl (C=O) groups is 4. The van der Waals surface area contributed by atoms with Gasteiger partial charge in [0.2, 0.25) is 11.8 Å². The van der Waals surface area contributed by atoms with Gasteiger partial charge in [-0.15, -0.1) is 0 Å². The lowest BCUT2D eigenvalue weighted by Crippen LogP contribution is -2.48. The third-order valence-electron chi connectivity index (χ3n) is 4.26. The number of nitrogens with one attached hydrogen (secondary N) is 2. The molecule has 0 bridgehead atoms. The Morgan fingerprint density at radius 2 is 1.78 bits per heavy atom. The van der Waals surface area contributed by atoms with Crippen LogP contribution in [0.1, 0.15) is 43.5 Å². The average Bonchev–Trinajstić information content (AvgIpc) is 2.69. The Bertz CT molecular complexity index is 901. The Morgan fingerprint density at radius 3 is 2.31 bits per heavy atom. The van der Waals surface area contributed by atoms with E-state index >= 15 is 0 Å². The summed E-state index contributed by atoms with van der Waals surface area (Å²) in [6, 6.07) is 5.97. The molecule has 0 spiro atoms. The normalized spacial score (nSPS) is 11.5. The molecule has 1 rings (SSSR count). The van der Waals surface area contributed by atoms with Crippen molar-refractivity contribution in [1.29, 1.82) is 5.26 Å². The number of nitrogens with zero attached hydrogens (tertiary/aromatic N) is 2. The topological polar surface area (TPSA) is 138 Å². The molecule has 0 aliphatic heterocycles. The maximum Gasteiger partial charge on any atom is 0.408 e. The summed E-state index contributed by atoms with van der Waals surface area (Å²) in [5, 5.41) is 14.1. The highest BCUT2D eigenvalue weighted by atomic mass is 16.6. The summed E-state index contributed by atoms with van der Waals surface area (Å²) >= 11 is 0. The number of nitriles is 1. The molecule has 2 N–H and O–H groups in total. The first-order chi connectivity index (χ1) is 14.9. The average molecular weight is 447 g/mol. The van der Waals surface area contributed by atoms with Crippen LogP contribution in [0.25, 0.3) is 0 Å². The second-order valence-corrected chi connectivity index (χ2v) is 8.09. The first kappa shape index (κ1) is 26.4. The summed E-state index contributed by atoms with van der Waals surface area (Å²) in [6.45, 7) is 7.39. The molecule has 0 radical (unpaired) electrons. The van der Waals surface area contributed by atoms with Crippen molar-refractivity contribution in [3.8, 4) is 6.07 Å². The van der Waals surface area contributed by atoms with Crippen LogP contribution < -0.4 is 10.6 Å². The summed E-state index contributed by atoms with van der Waals surface area (Å²) in [6.07, 6.45) is -0.805. The number of rotatable bonds is 8. The van der Waals surface area contributed by atoms with Crippen molar-refractivity contribution in [1.82, 2.24) is 15.5 Å². The molecule has 174 valence electrons. The van der Waals surface area contributed by atoms with E-state index in [2.05, 4.69) is 15.4 Å². The van der Waals surface area contributed by atoms with E-state index in [-0.39, 0.29) is 0 Å². The lowest BCUT2D eigenvalue weighted by atomic mass is 9.97. The predicted molar refractivity (Wildman–Crippen MR) is 115 cm³/mol. The maximum atomic E-state index is 13.0. The van der Waals surface area contributed by atoms with Gasteiger partial charge in [-0.2, -0.15) is 5.26 Å². The van der Waals surface area contributed by atoms with E-state index in [1.54, 1.807) is 39.8 Å².